The van der Waals surface area contributed by atoms with Gasteiger partial charge in [-0.3, -0.25) is 4.79 Å². The molecule has 0 saturated carbocycles. The summed E-state index contributed by atoms with van der Waals surface area (Å²) in [4.78, 5) is 10.8. The molecule has 0 aliphatic carbocycles. The summed E-state index contributed by atoms with van der Waals surface area (Å²) in [5.41, 5.74) is -0.444. The van der Waals surface area contributed by atoms with Crippen LogP contribution in [-0.2, 0) is 9.45 Å². The highest BCUT2D eigenvalue weighted by molar-refractivity contribution is 6.60. The number of carbonyl (C=O) groups excluding carboxylic acids is 1. The summed E-state index contributed by atoms with van der Waals surface area (Å²) in [5.74, 6) is -6.60. The third-order valence-corrected chi connectivity index (χ3v) is 2.71. The fourth-order valence-electron chi connectivity index (χ4n) is 1.42. The van der Waals surface area contributed by atoms with Crippen LogP contribution in [0.1, 0.15) is 6.92 Å². The van der Waals surface area contributed by atoms with E-state index in [0.717, 1.165) is 19.1 Å². The smallest absolute Gasteiger partial charge is 0.423 e. The van der Waals surface area contributed by atoms with Crippen molar-refractivity contribution in [2.24, 2.45) is 0 Å². The van der Waals surface area contributed by atoms with Crippen molar-refractivity contribution in [3.63, 3.8) is 0 Å². The molecule has 23 heavy (non-hydrogen) atoms. The number of hydrogen-bond donors (Lipinski definition) is 2. The number of hydrogen-bond acceptors (Lipinski definition) is 3. The molecule has 0 fully saturated rings. The Balaban J connectivity index is 2.98. The molecule has 1 aromatic carbocycles. The molecule has 0 spiro atoms. The lowest BCUT2D eigenvalue weighted by atomic mass is 9.79. The maximum atomic E-state index is 13.2. The third-order valence-electron chi connectivity index (χ3n) is 2.47. The summed E-state index contributed by atoms with van der Waals surface area (Å²) >= 11 is 3.95. The van der Waals surface area contributed by atoms with Crippen LogP contribution in [0.15, 0.2) is 24.3 Å². The van der Waals surface area contributed by atoms with Gasteiger partial charge in [-0.2, -0.15) is 26.3 Å². The zero-order valence-corrected chi connectivity index (χ0v) is 12.1. The van der Waals surface area contributed by atoms with Gasteiger partial charge in [0.15, 0.2) is 0 Å². The van der Waals surface area contributed by atoms with Gasteiger partial charge in [0.1, 0.15) is 0 Å². The Morgan fingerprint density at radius 3 is 2.30 bits per heavy atom. The number of amides is 1. The van der Waals surface area contributed by atoms with Gasteiger partial charge in [0.25, 0.3) is 0 Å². The lowest BCUT2D eigenvalue weighted by Gasteiger charge is -2.29. The number of anilines is 1. The first-order valence-corrected chi connectivity index (χ1v) is 6.21. The van der Waals surface area contributed by atoms with Crippen LogP contribution in [0.4, 0.5) is 32.0 Å². The number of rotatable bonds is 6. The van der Waals surface area contributed by atoms with E-state index in [1.54, 1.807) is 0 Å². The summed E-state index contributed by atoms with van der Waals surface area (Å²) in [6, 6.07) is 4.40. The standard InChI is InChI=1S/C11H9BClF6NO3/c1-6(21)20-8-4-2-3-7(5-8)12(22)23-11(18,19)9(14,15)10(13,16)17/h2-5,22H,1H3,(H,20,21). The van der Waals surface area contributed by atoms with Crippen molar-refractivity contribution in [2.75, 3.05) is 5.32 Å². The molecule has 12 heteroatoms. The summed E-state index contributed by atoms with van der Waals surface area (Å²) < 4.78 is 80.3. The lowest BCUT2D eigenvalue weighted by molar-refractivity contribution is -0.357. The molecule has 0 aliphatic heterocycles. The minimum atomic E-state index is -6.07. The second kappa shape index (κ2) is 6.58. The first-order valence-electron chi connectivity index (χ1n) is 5.84. The summed E-state index contributed by atoms with van der Waals surface area (Å²) in [7, 11) is -2.68. The maximum absolute atomic E-state index is 13.2. The first kappa shape index (κ1) is 19.6. The molecule has 0 heterocycles. The molecule has 1 rings (SSSR count). The number of nitrogens with one attached hydrogen (secondary N) is 1. The largest absolute Gasteiger partial charge is 0.495 e. The highest BCUT2D eigenvalue weighted by Crippen LogP contribution is 2.48. The molecular formula is C11H9BClF6NO3. The zero-order valence-electron chi connectivity index (χ0n) is 11.3. The highest BCUT2D eigenvalue weighted by atomic mass is 35.5. The average Bonchev–Trinajstić information content (AvgIpc) is 2.36. The van der Waals surface area contributed by atoms with Gasteiger partial charge in [-0.25, -0.2) is 0 Å². The molecule has 1 aromatic rings. The Morgan fingerprint density at radius 2 is 1.83 bits per heavy atom. The molecule has 0 saturated heterocycles. The molecule has 1 amide bonds. The molecule has 2 N–H and O–H groups in total. The number of alkyl halides is 7. The number of halogens is 7. The van der Waals surface area contributed by atoms with E-state index in [4.69, 9.17) is 0 Å². The fourth-order valence-corrected chi connectivity index (χ4v) is 1.53. The average molecular weight is 363 g/mol. The lowest BCUT2D eigenvalue weighted by Crippen LogP contribution is -2.56. The van der Waals surface area contributed by atoms with E-state index in [0.29, 0.717) is 0 Å². The van der Waals surface area contributed by atoms with E-state index >= 15 is 0 Å². The fraction of sp³-hybridized carbons (Fsp3) is 0.364. The monoisotopic (exact) mass is 363 g/mol. The number of carbonyl (C=O) groups is 1. The molecule has 0 unspecified atom stereocenters. The summed E-state index contributed by atoms with van der Waals surface area (Å²) in [5, 5.41) is 6.04. The van der Waals surface area contributed by atoms with Gasteiger partial charge in [-0.05, 0) is 29.2 Å². The van der Waals surface area contributed by atoms with Crippen molar-refractivity contribution in [3.8, 4) is 0 Å². The molecule has 0 bridgehead atoms. The van der Waals surface area contributed by atoms with Gasteiger partial charge in [-0.15, -0.1) is 0 Å². The molecule has 0 atom stereocenters. The van der Waals surface area contributed by atoms with E-state index in [2.05, 4.69) is 21.6 Å². The van der Waals surface area contributed by atoms with Crippen LogP contribution in [0.2, 0.25) is 0 Å². The Labute approximate surface area is 131 Å². The van der Waals surface area contributed by atoms with Crippen LogP contribution in [0.5, 0.6) is 0 Å². The van der Waals surface area contributed by atoms with E-state index in [1.807, 2.05) is 0 Å². The van der Waals surface area contributed by atoms with Gasteiger partial charge in [0.05, 0.1) is 0 Å². The van der Waals surface area contributed by atoms with E-state index in [-0.39, 0.29) is 5.69 Å². The van der Waals surface area contributed by atoms with Crippen molar-refractivity contribution in [1.82, 2.24) is 0 Å². The molecule has 0 radical (unpaired) electrons. The van der Waals surface area contributed by atoms with Crippen LogP contribution in [0.25, 0.3) is 0 Å². The Morgan fingerprint density at radius 1 is 1.26 bits per heavy atom. The Hall–Kier alpha value is -1.46. The van der Waals surface area contributed by atoms with Gasteiger partial charge in [-0.1, -0.05) is 12.1 Å². The van der Waals surface area contributed by atoms with Crippen molar-refractivity contribution in [3.05, 3.63) is 24.3 Å². The van der Waals surface area contributed by atoms with Gasteiger partial charge >= 0.3 is 24.5 Å². The minimum Gasteiger partial charge on any atom is -0.423 e. The minimum absolute atomic E-state index is 0.0374. The predicted molar refractivity (Wildman–Crippen MR) is 70.1 cm³/mol. The van der Waals surface area contributed by atoms with Crippen LogP contribution < -0.4 is 10.8 Å². The van der Waals surface area contributed by atoms with Crippen molar-refractivity contribution < 1.29 is 40.8 Å². The predicted octanol–water partition coefficient (Wildman–Crippen LogP) is 2.41. The van der Waals surface area contributed by atoms with E-state index in [9.17, 15) is 36.2 Å². The van der Waals surface area contributed by atoms with Gasteiger partial charge < -0.3 is 15.0 Å². The molecule has 0 aliphatic rings. The molecule has 128 valence electrons. The molecule has 4 nitrogen and oxygen atoms in total. The van der Waals surface area contributed by atoms with Crippen molar-refractivity contribution in [1.29, 1.82) is 0 Å². The second-order valence-corrected chi connectivity index (χ2v) is 4.84. The topological polar surface area (TPSA) is 58.6 Å². The first-order chi connectivity index (χ1) is 10.3. The Bertz CT molecular complexity index is 583. The van der Waals surface area contributed by atoms with Crippen LogP contribution in [0, 0.1) is 0 Å². The Kier molecular flexibility index (Phi) is 5.60. The summed E-state index contributed by atoms with van der Waals surface area (Å²) in [6.45, 7) is 1.14. The molecular weight excluding hydrogens is 354 g/mol. The van der Waals surface area contributed by atoms with Crippen molar-refractivity contribution in [2.45, 2.75) is 24.3 Å². The zero-order chi connectivity index (χ0) is 18.1. The van der Waals surface area contributed by atoms with E-state index in [1.165, 1.54) is 12.1 Å². The number of benzene rings is 1. The van der Waals surface area contributed by atoms with Crippen LogP contribution in [0.3, 0.4) is 0 Å². The van der Waals surface area contributed by atoms with E-state index < -0.39 is 35.9 Å². The van der Waals surface area contributed by atoms with Gasteiger partial charge in [0, 0.05) is 12.6 Å². The van der Waals surface area contributed by atoms with Crippen LogP contribution >= 0.6 is 11.6 Å². The van der Waals surface area contributed by atoms with Crippen molar-refractivity contribution >= 4 is 35.8 Å². The second-order valence-electron chi connectivity index (χ2n) is 4.37. The summed E-state index contributed by atoms with van der Waals surface area (Å²) in [6.07, 6.45) is -5.76. The SMILES string of the molecule is CC(=O)Nc1cccc(B(O)OC(F)(F)C(F)(F)C(F)(F)Cl)c1. The maximum Gasteiger partial charge on any atom is 0.495 e. The van der Waals surface area contributed by atoms with Crippen LogP contribution in [-0.4, -0.2) is 35.5 Å². The quantitative estimate of drug-likeness (QED) is 0.464. The van der Waals surface area contributed by atoms with Gasteiger partial charge in [0.2, 0.25) is 5.91 Å². The normalized spacial score (nSPS) is 12.9. The third kappa shape index (κ3) is 4.52. The molecule has 0 aromatic heterocycles. The highest BCUT2D eigenvalue weighted by Gasteiger charge is 2.73.